The highest BCUT2D eigenvalue weighted by Gasteiger charge is 2.42. The summed E-state index contributed by atoms with van der Waals surface area (Å²) < 4.78 is 7.72. The maximum absolute atomic E-state index is 13.3. The van der Waals surface area contributed by atoms with Crippen molar-refractivity contribution in [2.75, 3.05) is 43.4 Å². The number of benzene rings is 3. The molecule has 2 fully saturated rings. The molecule has 8 rings (SSSR count). The number of piperazine rings is 1. The molecule has 0 bridgehead atoms. The topological polar surface area (TPSA) is 170 Å². The number of anilines is 2. The van der Waals surface area contributed by atoms with Crippen molar-refractivity contribution < 1.29 is 28.8 Å². The van der Waals surface area contributed by atoms with Crippen molar-refractivity contribution in [2.45, 2.75) is 32.0 Å². The van der Waals surface area contributed by atoms with Gasteiger partial charge in [0.2, 0.25) is 5.91 Å². The zero-order chi connectivity index (χ0) is 34.9. The largest absolute Gasteiger partial charge is 0.457 e. The molecule has 3 aliphatic heterocycles. The number of nitrogens with one attached hydrogen (secondary N) is 1. The van der Waals surface area contributed by atoms with Crippen LogP contribution in [0.15, 0.2) is 73.1 Å². The molecule has 3 aromatic carbocycles. The summed E-state index contributed by atoms with van der Waals surface area (Å²) in [6, 6.07) is 23.8. The lowest BCUT2D eigenvalue weighted by atomic mass is 10.1. The van der Waals surface area contributed by atoms with Crippen molar-refractivity contribution in [2.24, 2.45) is 0 Å². The lowest BCUT2D eigenvalue weighted by Gasteiger charge is -2.36. The number of fused-ring (bicyclic) bond motifs is 2. The van der Waals surface area contributed by atoms with Crippen molar-refractivity contribution in [1.82, 2.24) is 35.2 Å². The third-order valence-corrected chi connectivity index (χ3v) is 9.21. The number of hydrogen-bond acceptors (Lipinski definition) is 12. The van der Waals surface area contributed by atoms with Gasteiger partial charge >= 0.3 is 0 Å². The molecule has 51 heavy (non-hydrogen) atoms. The van der Waals surface area contributed by atoms with Gasteiger partial charge in [-0.25, -0.2) is 19.5 Å². The van der Waals surface area contributed by atoms with Gasteiger partial charge in [0.15, 0.2) is 11.9 Å². The van der Waals surface area contributed by atoms with Gasteiger partial charge in [0.1, 0.15) is 29.3 Å². The fourth-order valence-corrected chi connectivity index (χ4v) is 6.58. The number of imide groups is 1. The number of nitrogens with zero attached hydrogens (tertiary/aromatic N) is 7. The van der Waals surface area contributed by atoms with E-state index in [1.165, 1.54) is 6.33 Å². The normalized spacial score (nSPS) is 17.6. The molecule has 15 nitrogen and oxygen atoms in total. The van der Waals surface area contributed by atoms with Crippen LogP contribution in [0.4, 0.5) is 11.5 Å². The average molecular weight is 689 g/mol. The average Bonchev–Trinajstić information content (AvgIpc) is 3.67. The second kappa shape index (κ2) is 13.8. The number of carbonyl (C=O) groups excluding carboxylic acids is 3. The molecular formula is C36H34N9O6. The highest BCUT2D eigenvalue weighted by Crippen LogP contribution is 2.33. The number of ether oxygens (including phenoxy) is 1. The Morgan fingerprint density at radius 1 is 0.961 bits per heavy atom. The van der Waals surface area contributed by atoms with E-state index in [0.29, 0.717) is 98.1 Å². The van der Waals surface area contributed by atoms with Gasteiger partial charge in [0.05, 0.1) is 23.1 Å². The number of carbonyl (C=O) groups is 3. The highest BCUT2D eigenvalue weighted by molar-refractivity contribution is 6.21. The fraction of sp³-hybridized carbons (Fsp3) is 0.278. The number of nitrogens with two attached hydrogens (primary N) is 1. The summed E-state index contributed by atoms with van der Waals surface area (Å²) in [5.74, 6) is 0.959. The van der Waals surface area contributed by atoms with Gasteiger partial charge in [-0.1, -0.05) is 23.8 Å². The molecule has 2 aromatic heterocycles. The molecule has 1 atom stereocenters. The Balaban J connectivity index is 0.877. The minimum Gasteiger partial charge on any atom is -0.457 e. The van der Waals surface area contributed by atoms with Crippen LogP contribution < -0.4 is 21.0 Å². The first-order valence-electron chi connectivity index (χ1n) is 16.7. The van der Waals surface area contributed by atoms with Crippen LogP contribution in [0.2, 0.25) is 0 Å². The van der Waals surface area contributed by atoms with E-state index in [0.717, 1.165) is 16.2 Å². The number of aryl methyl sites for hydroxylation is 1. The van der Waals surface area contributed by atoms with Crippen LogP contribution in [0.5, 0.6) is 11.5 Å². The summed E-state index contributed by atoms with van der Waals surface area (Å²) in [6.45, 7) is 2.95. The Morgan fingerprint density at radius 3 is 2.51 bits per heavy atom. The van der Waals surface area contributed by atoms with E-state index in [2.05, 4.69) is 26.6 Å². The minimum absolute atomic E-state index is 0.0499. The SMILES string of the molecule is Nc1ncnc2c1c(-c1ccc(Oc3ccccc3)cc1)nn2CCCC(=O)N1CCN(c2[c]c3c(cc2)C(=O)N(C2CCONO2)C3=O)CC1. The van der Waals surface area contributed by atoms with Gasteiger partial charge in [-0.2, -0.15) is 5.10 Å². The van der Waals surface area contributed by atoms with E-state index in [1.54, 1.807) is 16.8 Å². The molecule has 0 spiro atoms. The fourth-order valence-electron chi connectivity index (χ4n) is 6.58. The van der Waals surface area contributed by atoms with Crippen molar-refractivity contribution in [3.63, 3.8) is 0 Å². The quantitative estimate of drug-likeness (QED) is 0.216. The first-order chi connectivity index (χ1) is 24.9. The van der Waals surface area contributed by atoms with E-state index < -0.39 is 18.0 Å². The van der Waals surface area contributed by atoms with Crippen LogP contribution in [0.1, 0.15) is 40.0 Å². The molecule has 0 saturated carbocycles. The Kier molecular flexibility index (Phi) is 8.73. The molecule has 3 aliphatic rings. The van der Waals surface area contributed by atoms with Crippen molar-refractivity contribution in [1.29, 1.82) is 0 Å². The maximum Gasteiger partial charge on any atom is 0.264 e. The summed E-state index contributed by atoms with van der Waals surface area (Å²) in [5.41, 5.74) is 11.9. The van der Waals surface area contributed by atoms with Crippen LogP contribution in [-0.2, 0) is 21.0 Å². The maximum atomic E-state index is 13.3. The number of rotatable bonds is 9. The zero-order valence-corrected chi connectivity index (χ0v) is 27.5. The summed E-state index contributed by atoms with van der Waals surface area (Å²) >= 11 is 0. The number of aromatic nitrogens is 4. The van der Waals surface area contributed by atoms with E-state index in [9.17, 15) is 14.4 Å². The number of para-hydroxylation sites is 1. The molecule has 3 N–H and O–H groups in total. The van der Waals surface area contributed by atoms with E-state index >= 15 is 0 Å². The standard InChI is InChI=1S/C36H34N9O6/c37-33-31-32(23-8-11-26(12-9-23)50-25-5-2-1-3-6-25)40-44(34(31)39-22-38-33)15-4-7-29(46)43-18-16-42(17-19-43)24-10-13-27-28(21-24)36(48)45(35(27)47)30-14-20-49-41-51-30/h1-3,5-6,8-13,22,30,41H,4,7,14-20H2,(H2,37,38,39). The van der Waals surface area contributed by atoms with Crippen molar-refractivity contribution >= 4 is 40.3 Å². The molecule has 1 unspecified atom stereocenters. The van der Waals surface area contributed by atoms with Crippen LogP contribution in [0, 0.1) is 6.07 Å². The predicted octanol–water partition coefficient (Wildman–Crippen LogP) is 3.58. The molecule has 5 heterocycles. The minimum atomic E-state index is -0.753. The zero-order valence-electron chi connectivity index (χ0n) is 27.5. The van der Waals surface area contributed by atoms with Gasteiger partial charge in [0, 0.05) is 62.9 Å². The second-order valence-electron chi connectivity index (χ2n) is 12.3. The Morgan fingerprint density at radius 2 is 1.75 bits per heavy atom. The first kappa shape index (κ1) is 32.3. The molecule has 2 saturated heterocycles. The van der Waals surface area contributed by atoms with Gasteiger partial charge in [-0.3, -0.25) is 24.1 Å². The molecule has 259 valence electrons. The van der Waals surface area contributed by atoms with E-state index in [4.69, 9.17) is 25.2 Å². The summed E-state index contributed by atoms with van der Waals surface area (Å²) in [6.07, 6.45) is 1.92. The second-order valence-corrected chi connectivity index (χ2v) is 12.3. The summed E-state index contributed by atoms with van der Waals surface area (Å²) in [4.78, 5) is 63.3. The number of nitrogen functional groups attached to an aromatic ring is 1. The van der Waals surface area contributed by atoms with Crippen molar-refractivity contribution in [3.8, 4) is 22.8 Å². The van der Waals surface area contributed by atoms with Crippen LogP contribution >= 0.6 is 0 Å². The Hall–Kier alpha value is -5.90. The summed E-state index contributed by atoms with van der Waals surface area (Å²) in [5, 5.41) is 5.51. The third-order valence-electron chi connectivity index (χ3n) is 9.21. The van der Waals surface area contributed by atoms with Crippen molar-refractivity contribution in [3.05, 3.63) is 90.3 Å². The molecule has 1 radical (unpaired) electrons. The molecule has 3 amide bonds. The number of amides is 3. The molecule has 15 heteroatoms. The molecular weight excluding hydrogens is 654 g/mol. The smallest absolute Gasteiger partial charge is 0.264 e. The lowest BCUT2D eigenvalue weighted by Crippen LogP contribution is -2.48. The van der Waals surface area contributed by atoms with Crippen LogP contribution in [0.25, 0.3) is 22.3 Å². The van der Waals surface area contributed by atoms with Gasteiger partial charge in [-0.15, -0.1) is 0 Å². The number of hydrogen-bond donors (Lipinski definition) is 2. The monoisotopic (exact) mass is 688 g/mol. The first-order valence-corrected chi connectivity index (χ1v) is 16.7. The van der Waals surface area contributed by atoms with Gasteiger partial charge < -0.3 is 20.3 Å². The summed E-state index contributed by atoms with van der Waals surface area (Å²) in [7, 11) is 0. The molecule has 5 aromatic rings. The third kappa shape index (κ3) is 6.33. The van der Waals surface area contributed by atoms with Gasteiger partial charge in [-0.05, 0) is 55.0 Å². The lowest BCUT2D eigenvalue weighted by molar-refractivity contribution is -0.259. The Bertz CT molecular complexity index is 2090. The van der Waals surface area contributed by atoms with Crippen LogP contribution in [0.3, 0.4) is 0 Å². The Labute approximate surface area is 292 Å². The van der Waals surface area contributed by atoms with Crippen LogP contribution in [-0.4, -0.2) is 86.3 Å². The van der Waals surface area contributed by atoms with Gasteiger partial charge in [0.25, 0.3) is 11.8 Å². The predicted molar refractivity (Wildman–Crippen MR) is 184 cm³/mol. The van der Waals surface area contributed by atoms with E-state index in [1.807, 2.05) is 59.5 Å². The highest BCUT2D eigenvalue weighted by atomic mass is 16.9. The van der Waals surface area contributed by atoms with E-state index in [-0.39, 0.29) is 11.5 Å². The molecule has 0 aliphatic carbocycles.